The molecular formula is C30H50N2O7. The summed E-state index contributed by atoms with van der Waals surface area (Å²) in [5, 5.41) is 28.8. The molecule has 0 spiro atoms. The molecule has 9 nitrogen and oxygen atoms in total. The number of aromatic hydroxyl groups is 1. The van der Waals surface area contributed by atoms with Gasteiger partial charge in [0.25, 0.3) is 0 Å². The van der Waals surface area contributed by atoms with Crippen molar-refractivity contribution in [1.82, 2.24) is 10.2 Å². The number of unbranched alkanes of at least 4 members (excludes halogenated alkanes) is 1. The molecule has 9 heteroatoms. The Bertz CT molecular complexity index is 893. The fourth-order valence-corrected chi connectivity index (χ4v) is 4.42. The number of carboxylic acids is 2. The number of phenolic OH excluding ortho intramolecular Hbond substituents is 1. The number of rotatable bonds is 10. The summed E-state index contributed by atoms with van der Waals surface area (Å²) in [6, 6.07) is 4.35. The molecule has 0 aliphatic carbocycles. The Morgan fingerprint density at radius 2 is 1.41 bits per heavy atom. The van der Waals surface area contributed by atoms with Crippen molar-refractivity contribution in [3.8, 4) is 5.75 Å². The number of ether oxygens (including phenoxy) is 1. The summed E-state index contributed by atoms with van der Waals surface area (Å²) >= 11 is 0. The summed E-state index contributed by atoms with van der Waals surface area (Å²) in [5.74, 6) is -2.91. The Morgan fingerprint density at radius 3 is 1.85 bits per heavy atom. The third kappa shape index (κ3) is 12.4. The second kappa shape index (κ2) is 15.8. The largest absolute Gasteiger partial charge is 0.507 e. The molecule has 0 radical (unpaired) electrons. The van der Waals surface area contributed by atoms with Crippen LogP contribution in [0.4, 0.5) is 0 Å². The molecule has 0 atom stereocenters. The average Bonchev–Trinajstić information content (AvgIpc) is 2.83. The minimum Gasteiger partial charge on any atom is -0.507 e. The van der Waals surface area contributed by atoms with Gasteiger partial charge >= 0.3 is 11.9 Å². The van der Waals surface area contributed by atoms with Gasteiger partial charge in [0.15, 0.2) is 0 Å². The number of carbonyl (C=O) groups excluding carboxylic acids is 1. The Kier molecular flexibility index (Phi) is 13.9. The maximum Gasteiger partial charge on any atom is 0.414 e. The Morgan fingerprint density at radius 1 is 0.923 bits per heavy atom. The molecule has 1 heterocycles. The third-order valence-electron chi connectivity index (χ3n) is 6.74. The van der Waals surface area contributed by atoms with E-state index in [0.29, 0.717) is 12.3 Å². The molecule has 1 amide bonds. The normalized spacial score (nSPS) is 14.8. The van der Waals surface area contributed by atoms with Gasteiger partial charge in [-0.1, -0.05) is 67.0 Å². The van der Waals surface area contributed by atoms with Crippen molar-refractivity contribution in [2.45, 2.75) is 97.9 Å². The highest BCUT2D eigenvalue weighted by molar-refractivity contribution is 6.27. The van der Waals surface area contributed by atoms with Crippen molar-refractivity contribution in [3.63, 3.8) is 0 Å². The van der Waals surface area contributed by atoms with E-state index < -0.39 is 11.9 Å². The van der Waals surface area contributed by atoms with Crippen molar-refractivity contribution < 1.29 is 34.4 Å². The number of amides is 1. The first-order valence-electron chi connectivity index (χ1n) is 14.0. The van der Waals surface area contributed by atoms with Gasteiger partial charge in [-0.25, -0.2) is 9.59 Å². The summed E-state index contributed by atoms with van der Waals surface area (Å²) in [6.07, 6.45) is 4.92. The second-order valence-electron chi connectivity index (χ2n) is 12.3. The smallest absolute Gasteiger partial charge is 0.414 e. The van der Waals surface area contributed by atoms with E-state index in [-0.39, 0.29) is 22.7 Å². The Balaban J connectivity index is 0.00000113. The Labute approximate surface area is 233 Å². The molecule has 0 unspecified atom stereocenters. The van der Waals surface area contributed by atoms with Crippen LogP contribution in [0, 0.1) is 5.92 Å². The maximum absolute atomic E-state index is 12.5. The average molecular weight is 551 g/mol. The zero-order valence-corrected chi connectivity index (χ0v) is 24.9. The van der Waals surface area contributed by atoms with Gasteiger partial charge in [-0.2, -0.15) is 0 Å². The van der Waals surface area contributed by atoms with E-state index in [2.05, 4.69) is 70.8 Å². The van der Waals surface area contributed by atoms with E-state index in [1.807, 2.05) is 0 Å². The number of piperidine rings is 1. The SMILES string of the molecule is CCCCOCCCNC(=O)C1CCN(Cc2cc(C(C)(C)C)c(O)c(C(C)(C)C)c2)CC1.O=C(O)C(=O)O. The number of likely N-dealkylation sites (tertiary alicyclic amines) is 1. The van der Waals surface area contributed by atoms with Crippen molar-refractivity contribution in [3.05, 3.63) is 28.8 Å². The van der Waals surface area contributed by atoms with Crippen LogP contribution in [0.2, 0.25) is 0 Å². The number of hydrogen-bond donors (Lipinski definition) is 4. The van der Waals surface area contributed by atoms with Crippen LogP contribution in [-0.2, 0) is 36.5 Å². The van der Waals surface area contributed by atoms with Gasteiger partial charge in [-0.3, -0.25) is 9.69 Å². The molecule has 0 bridgehead atoms. The number of carboxylic acid groups (broad SMARTS) is 2. The van der Waals surface area contributed by atoms with Crippen molar-refractivity contribution in [1.29, 1.82) is 0 Å². The summed E-state index contributed by atoms with van der Waals surface area (Å²) < 4.78 is 5.56. The molecule has 0 saturated carbocycles. The van der Waals surface area contributed by atoms with Gasteiger partial charge in [-0.15, -0.1) is 0 Å². The number of nitrogens with one attached hydrogen (secondary N) is 1. The van der Waals surface area contributed by atoms with E-state index >= 15 is 0 Å². The quantitative estimate of drug-likeness (QED) is 0.244. The van der Waals surface area contributed by atoms with Gasteiger partial charge < -0.3 is 25.4 Å². The van der Waals surface area contributed by atoms with Crippen LogP contribution in [0.15, 0.2) is 12.1 Å². The number of phenols is 1. The van der Waals surface area contributed by atoms with Crippen molar-refractivity contribution >= 4 is 17.8 Å². The molecule has 1 aliphatic heterocycles. The zero-order chi connectivity index (χ0) is 29.8. The standard InChI is InChI=1S/C28H48N2O3.C2H2O4/c1-8-9-16-33-17-10-13-29-26(32)22-11-14-30(15-12-22)20-21-18-23(27(2,3)4)25(31)24(19-21)28(5,6)7;3-1(4)2(5)6/h18-19,22,31H,8-17,20H2,1-7H3,(H,29,32);(H,3,4)(H,5,6). The van der Waals surface area contributed by atoms with Crippen LogP contribution in [0.3, 0.4) is 0 Å². The van der Waals surface area contributed by atoms with Gasteiger partial charge in [0.05, 0.1) is 0 Å². The van der Waals surface area contributed by atoms with Crippen LogP contribution in [-0.4, -0.2) is 70.9 Å². The highest BCUT2D eigenvalue weighted by atomic mass is 16.5. The number of nitrogens with zero attached hydrogens (tertiary/aromatic N) is 1. The first-order chi connectivity index (χ1) is 18.1. The summed E-state index contributed by atoms with van der Waals surface area (Å²) in [5.41, 5.74) is 3.03. The topological polar surface area (TPSA) is 136 Å². The van der Waals surface area contributed by atoms with Crippen molar-refractivity contribution in [2.24, 2.45) is 5.92 Å². The fourth-order valence-electron chi connectivity index (χ4n) is 4.42. The highest BCUT2D eigenvalue weighted by Gasteiger charge is 2.28. The van der Waals surface area contributed by atoms with Crippen LogP contribution in [0.1, 0.15) is 97.3 Å². The molecule has 0 aromatic heterocycles. The van der Waals surface area contributed by atoms with E-state index in [1.165, 1.54) is 5.56 Å². The first-order valence-corrected chi connectivity index (χ1v) is 14.0. The Hall–Kier alpha value is -2.65. The predicted molar refractivity (Wildman–Crippen MR) is 152 cm³/mol. The van der Waals surface area contributed by atoms with Crippen LogP contribution < -0.4 is 5.32 Å². The van der Waals surface area contributed by atoms with Crippen LogP contribution >= 0.6 is 0 Å². The number of carbonyl (C=O) groups is 3. The highest BCUT2D eigenvalue weighted by Crippen LogP contribution is 2.40. The van der Waals surface area contributed by atoms with Gasteiger partial charge in [0.1, 0.15) is 5.75 Å². The third-order valence-corrected chi connectivity index (χ3v) is 6.74. The number of hydrogen-bond acceptors (Lipinski definition) is 6. The molecule has 1 aromatic carbocycles. The minimum absolute atomic E-state index is 0.109. The van der Waals surface area contributed by atoms with Crippen LogP contribution in [0.5, 0.6) is 5.75 Å². The van der Waals surface area contributed by atoms with Gasteiger partial charge in [0, 0.05) is 32.2 Å². The summed E-state index contributed by atoms with van der Waals surface area (Å²) in [6.45, 7) is 20.0. The molecule has 1 fully saturated rings. The van der Waals surface area contributed by atoms with E-state index in [1.54, 1.807) is 0 Å². The lowest BCUT2D eigenvalue weighted by Crippen LogP contribution is -2.40. The lowest BCUT2D eigenvalue weighted by atomic mass is 9.78. The molecule has 4 N–H and O–H groups in total. The molecule has 1 saturated heterocycles. The summed E-state index contributed by atoms with van der Waals surface area (Å²) in [4.78, 5) is 33.2. The predicted octanol–water partition coefficient (Wildman–Crippen LogP) is 4.68. The monoisotopic (exact) mass is 550 g/mol. The van der Waals surface area contributed by atoms with Crippen LogP contribution in [0.25, 0.3) is 0 Å². The van der Waals surface area contributed by atoms with Crippen molar-refractivity contribution in [2.75, 3.05) is 32.8 Å². The summed E-state index contributed by atoms with van der Waals surface area (Å²) in [7, 11) is 0. The number of aliphatic carboxylic acids is 2. The van der Waals surface area contributed by atoms with Gasteiger partial charge in [-0.05, 0) is 66.3 Å². The lowest BCUT2D eigenvalue weighted by Gasteiger charge is -2.33. The molecule has 1 aliphatic rings. The second-order valence-corrected chi connectivity index (χ2v) is 12.3. The van der Waals surface area contributed by atoms with E-state index in [9.17, 15) is 9.90 Å². The molecule has 222 valence electrons. The van der Waals surface area contributed by atoms with E-state index in [0.717, 1.165) is 76.1 Å². The number of benzene rings is 1. The lowest BCUT2D eigenvalue weighted by molar-refractivity contribution is -0.159. The maximum atomic E-state index is 12.5. The molecule has 2 rings (SSSR count). The fraction of sp³-hybridized carbons (Fsp3) is 0.700. The zero-order valence-electron chi connectivity index (χ0n) is 24.9. The van der Waals surface area contributed by atoms with E-state index in [4.69, 9.17) is 24.5 Å². The molecule has 39 heavy (non-hydrogen) atoms. The van der Waals surface area contributed by atoms with Gasteiger partial charge in [0.2, 0.25) is 5.91 Å². The minimum atomic E-state index is -1.82. The first kappa shape index (κ1) is 34.4. The molecule has 1 aromatic rings. The molecular weight excluding hydrogens is 500 g/mol.